The molecule has 0 unspecified atom stereocenters. The topological polar surface area (TPSA) is 138 Å². The fraction of sp³-hybridized carbons (Fsp3) is 0.182. The van der Waals surface area contributed by atoms with Gasteiger partial charge in [-0.2, -0.15) is 5.10 Å². The first kappa shape index (κ1) is 15.6. The van der Waals surface area contributed by atoms with Crippen LogP contribution >= 0.6 is 0 Å². The lowest BCUT2D eigenvalue weighted by atomic mass is 10.3. The average Bonchev–Trinajstić information content (AvgIpc) is 2.63. The first-order valence-electron chi connectivity index (χ1n) is 5.74. The minimum absolute atomic E-state index is 0.0422. The SMILES string of the molecule is Cc1nn(-c2ccc(S(N)(=O)=O)cc2)c(C)c1S(N)(=O)=O. The predicted octanol–water partition coefficient (Wildman–Crippen LogP) is -0.216. The number of hydrogen-bond acceptors (Lipinski definition) is 5. The van der Waals surface area contributed by atoms with Crippen molar-refractivity contribution in [1.29, 1.82) is 0 Å². The van der Waals surface area contributed by atoms with E-state index in [4.69, 9.17) is 10.3 Å². The van der Waals surface area contributed by atoms with Crippen LogP contribution in [-0.4, -0.2) is 26.6 Å². The van der Waals surface area contributed by atoms with E-state index in [-0.39, 0.29) is 15.5 Å². The van der Waals surface area contributed by atoms with Gasteiger partial charge in [0.2, 0.25) is 20.0 Å². The standard InChI is InChI=1S/C11H14N4O4S2/c1-7-11(21(13,18)19)8(2)15(14-7)9-3-5-10(6-4-9)20(12,16)17/h3-6H,1-2H3,(H2,12,16,17)(H2,13,18,19). The van der Waals surface area contributed by atoms with Gasteiger partial charge < -0.3 is 0 Å². The minimum atomic E-state index is -3.88. The molecule has 8 nitrogen and oxygen atoms in total. The van der Waals surface area contributed by atoms with Gasteiger partial charge in [-0.25, -0.2) is 31.8 Å². The second-order valence-electron chi connectivity index (χ2n) is 4.50. The van der Waals surface area contributed by atoms with Crippen molar-refractivity contribution in [2.75, 3.05) is 0 Å². The maximum atomic E-state index is 11.5. The monoisotopic (exact) mass is 330 g/mol. The summed E-state index contributed by atoms with van der Waals surface area (Å²) in [5.74, 6) is 0. The predicted molar refractivity (Wildman–Crippen MR) is 75.8 cm³/mol. The van der Waals surface area contributed by atoms with E-state index < -0.39 is 20.0 Å². The molecule has 0 saturated heterocycles. The number of rotatable bonds is 3. The summed E-state index contributed by atoms with van der Waals surface area (Å²) >= 11 is 0. The highest BCUT2D eigenvalue weighted by atomic mass is 32.2. The van der Waals surface area contributed by atoms with E-state index in [1.165, 1.54) is 35.9 Å². The zero-order valence-corrected chi connectivity index (χ0v) is 12.9. The Morgan fingerprint density at radius 1 is 0.952 bits per heavy atom. The second kappa shape index (κ2) is 4.91. The molecule has 0 fully saturated rings. The van der Waals surface area contributed by atoms with Crippen molar-refractivity contribution in [3.8, 4) is 5.69 Å². The number of aromatic nitrogens is 2. The molecule has 2 rings (SSSR count). The van der Waals surface area contributed by atoms with Crippen LogP contribution in [0, 0.1) is 13.8 Å². The molecule has 1 aromatic carbocycles. The lowest BCUT2D eigenvalue weighted by Crippen LogP contribution is -2.14. The molecule has 0 aliphatic rings. The van der Waals surface area contributed by atoms with Crippen LogP contribution in [0.15, 0.2) is 34.1 Å². The number of aryl methyl sites for hydroxylation is 1. The second-order valence-corrected chi connectivity index (χ2v) is 7.56. The van der Waals surface area contributed by atoms with Crippen molar-refractivity contribution in [3.05, 3.63) is 35.7 Å². The van der Waals surface area contributed by atoms with Crippen LogP contribution < -0.4 is 10.3 Å². The van der Waals surface area contributed by atoms with Crippen LogP contribution in [0.3, 0.4) is 0 Å². The molecule has 1 aromatic heterocycles. The molecular weight excluding hydrogens is 316 g/mol. The first-order chi connectivity index (χ1) is 9.51. The maximum Gasteiger partial charge on any atom is 0.241 e. The van der Waals surface area contributed by atoms with Gasteiger partial charge in [-0.3, -0.25) is 0 Å². The van der Waals surface area contributed by atoms with Crippen molar-refractivity contribution >= 4 is 20.0 Å². The third kappa shape index (κ3) is 2.97. The Labute approximate surface area is 122 Å². The molecular formula is C11H14N4O4S2. The third-order valence-corrected chi connectivity index (χ3v) is 5.01. The third-order valence-electron chi connectivity index (χ3n) is 2.92. The van der Waals surface area contributed by atoms with Gasteiger partial charge in [0.15, 0.2) is 0 Å². The number of nitrogens with zero attached hydrogens (tertiary/aromatic N) is 2. The highest BCUT2D eigenvalue weighted by Gasteiger charge is 2.21. The Balaban J connectivity index is 2.59. The lowest BCUT2D eigenvalue weighted by Gasteiger charge is -2.06. The zero-order valence-electron chi connectivity index (χ0n) is 11.3. The molecule has 10 heteroatoms. The zero-order chi connectivity index (χ0) is 16.0. The number of hydrogen-bond donors (Lipinski definition) is 2. The summed E-state index contributed by atoms with van der Waals surface area (Å²) in [5.41, 5.74) is 1.11. The Kier molecular flexibility index (Phi) is 3.66. The van der Waals surface area contributed by atoms with E-state index in [9.17, 15) is 16.8 Å². The smallest absolute Gasteiger partial charge is 0.236 e. The van der Waals surface area contributed by atoms with Gasteiger partial charge >= 0.3 is 0 Å². The number of primary sulfonamides is 2. The van der Waals surface area contributed by atoms with Crippen LogP contribution in [0.4, 0.5) is 0 Å². The van der Waals surface area contributed by atoms with Crippen molar-refractivity contribution in [2.24, 2.45) is 10.3 Å². The van der Waals surface area contributed by atoms with Gasteiger partial charge in [0.1, 0.15) is 4.90 Å². The Bertz CT molecular complexity index is 896. The van der Waals surface area contributed by atoms with E-state index in [1.807, 2.05) is 0 Å². The molecule has 0 saturated carbocycles. The van der Waals surface area contributed by atoms with E-state index in [0.29, 0.717) is 11.4 Å². The van der Waals surface area contributed by atoms with Gasteiger partial charge in [-0.05, 0) is 38.1 Å². The highest BCUT2D eigenvalue weighted by molar-refractivity contribution is 7.89. The van der Waals surface area contributed by atoms with Crippen LogP contribution in [0.2, 0.25) is 0 Å². The lowest BCUT2D eigenvalue weighted by molar-refractivity contribution is 0.595. The summed E-state index contributed by atoms with van der Waals surface area (Å²) in [6, 6.07) is 5.59. The summed E-state index contributed by atoms with van der Waals surface area (Å²) in [4.78, 5) is -0.0857. The molecule has 4 N–H and O–H groups in total. The van der Waals surface area contributed by atoms with Crippen molar-refractivity contribution in [3.63, 3.8) is 0 Å². The first-order valence-corrected chi connectivity index (χ1v) is 8.83. The quantitative estimate of drug-likeness (QED) is 0.801. The molecule has 21 heavy (non-hydrogen) atoms. The molecule has 0 spiro atoms. The van der Waals surface area contributed by atoms with Crippen LogP contribution in [0.5, 0.6) is 0 Å². The molecule has 1 heterocycles. The number of benzene rings is 1. The van der Waals surface area contributed by atoms with Gasteiger partial charge in [0, 0.05) is 0 Å². The normalized spacial score (nSPS) is 12.6. The fourth-order valence-corrected chi connectivity index (χ4v) is 3.53. The van der Waals surface area contributed by atoms with E-state index >= 15 is 0 Å². The highest BCUT2D eigenvalue weighted by Crippen LogP contribution is 2.22. The molecule has 0 atom stereocenters. The number of sulfonamides is 2. The number of nitrogens with two attached hydrogens (primary N) is 2. The molecule has 0 radical (unpaired) electrons. The van der Waals surface area contributed by atoms with Gasteiger partial charge in [-0.15, -0.1) is 0 Å². The minimum Gasteiger partial charge on any atom is -0.236 e. The summed E-state index contributed by atoms with van der Waals surface area (Å²) in [5, 5.41) is 14.3. The van der Waals surface area contributed by atoms with Crippen molar-refractivity contribution in [2.45, 2.75) is 23.6 Å². The molecule has 0 aliphatic carbocycles. The Morgan fingerprint density at radius 2 is 1.48 bits per heavy atom. The van der Waals surface area contributed by atoms with Crippen molar-refractivity contribution in [1.82, 2.24) is 9.78 Å². The van der Waals surface area contributed by atoms with E-state index in [2.05, 4.69) is 5.10 Å². The van der Waals surface area contributed by atoms with E-state index in [1.54, 1.807) is 6.92 Å². The van der Waals surface area contributed by atoms with Crippen LogP contribution in [0.25, 0.3) is 5.69 Å². The summed E-state index contributed by atoms with van der Waals surface area (Å²) in [7, 11) is -7.67. The molecule has 0 amide bonds. The van der Waals surface area contributed by atoms with Gasteiger partial charge in [0.05, 0.1) is 22.0 Å². The molecule has 0 aliphatic heterocycles. The van der Waals surface area contributed by atoms with Gasteiger partial charge in [-0.1, -0.05) is 0 Å². The summed E-state index contributed by atoms with van der Waals surface area (Å²) in [6.45, 7) is 3.09. The van der Waals surface area contributed by atoms with Crippen LogP contribution in [-0.2, 0) is 20.0 Å². The molecule has 2 aromatic rings. The molecule has 114 valence electrons. The maximum absolute atomic E-state index is 11.5. The largest absolute Gasteiger partial charge is 0.241 e. The summed E-state index contributed by atoms with van der Waals surface area (Å²) < 4.78 is 46.8. The summed E-state index contributed by atoms with van der Waals surface area (Å²) in [6.07, 6.45) is 0. The van der Waals surface area contributed by atoms with E-state index in [0.717, 1.165) is 0 Å². The van der Waals surface area contributed by atoms with Gasteiger partial charge in [0.25, 0.3) is 0 Å². The Morgan fingerprint density at radius 3 is 1.86 bits per heavy atom. The average molecular weight is 330 g/mol. The van der Waals surface area contributed by atoms with Crippen LogP contribution in [0.1, 0.15) is 11.4 Å². The fourth-order valence-electron chi connectivity index (χ4n) is 2.07. The Hall–Kier alpha value is -1.75. The molecule has 0 bridgehead atoms. The van der Waals surface area contributed by atoms with Crippen molar-refractivity contribution < 1.29 is 16.8 Å².